The third kappa shape index (κ3) is 8.68. The summed E-state index contributed by atoms with van der Waals surface area (Å²) in [6.07, 6.45) is 1.81. The molecule has 0 bridgehead atoms. The maximum absolute atomic E-state index is 14.0. The largest absolute Gasteiger partial charge is 0.352 e. The number of hydrogen-bond donors (Lipinski definition) is 1. The summed E-state index contributed by atoms with van der Waals surface area (Å²) in [6, 6.07) is 17.7. The number of rotatable bonds is 12. The van der Waals surface area contributed by atoms with Crippen molar-refractivity contribution in [1.82, 2.24) is 10.2 Å². The van der Waals surface area contributed by atoms with Gasteiger partial charge in [0.05, 0.1) is 11.9 Å². The van der Waals surface area contributed by atoms with Crippen molar-refractivity contribution in [2.45, 2.75) is 45.3 Å². The lowest BCUT2D eigenvalue weighted by molar-refractivity contribution is -0.140. The molecule has 0 fully saturated rings. The molecule has 1 N–H and O–H groups in total. The summed E-state index contributed by atoms with van der Waals surface area (Å²) in [5.41, 5.74) is 1.46. The third-order valence-electron chi connectivity index (χ3n) is 6.42. The van der Waals surface area contributed by atoms with Crippen LogP contribution in [0, 0.1) is 5.82 Å². The van der Waals surface area contributed by atoms with E-state index in [0.29, 0.717) is 22.0 Å². The molecule has 0 aromatic heterocycles. The van der Waals surface area contributed by atoms with E-state index in [0.717, 1.165) is 28.3 Å². The van der Waals surface area contributed by atoms with E-state index in [2.05, 4.69) is 5.32 Å². The minimum absolute atomic E-state index is 0.0821. The Balaban J connectivity index is 2.08. The minimum atomic E-state index is -3.95. The number of sulfonamides is 1. The number of nitrogens with zero attached hydrogens (tertiary/aromatic N) is 2. The molecule has 7 nitrogen and oxygen atoms in total. The number of carbonyl (C=O) groups excluding carboxylic acids is 2. The zero-order valence-electron chi connectivity index (χ0n) is 22.5. The molecule has 0 saturated heterocycles. The Morgan fingerprint density at radius 3 is 2.23 bits per heavy atom. The lowest BCUT2D eigenvalue weighted by Gasteiger charge is -2.34. The topological polar surface area (TPSA) is 86.8 Å². The average Bonchev–Trinajstić information content (AvgIpc) is 2.90. The fraction of sp³-hybridized carbons (Fsp3) is 0.310. The lowest BCUT2D eigenvalue weighted by atomic mass is 10.0. The first kappa shape index (κ1) is 31.4. The van der Waals surface area contributed by atoms with Crippen molar-refractivity contribution >= 4 is 50.7 Å². The molecule has 2 atom stereocenters. The third-order valence-corrected chi connectivity index (χ3v) is 8.15. The Hall–Kier alpha value is -3.14. The molecule has 3 rings (SSSR count). The van der Waals surface area contributed by atoms with Crippen molar-refractivity contribution in [3.05, 3.63) is 99.8 Å². The van der Waals surface area contributed by atoms with E-state index in [1.807, 2.05) is 44.2 Å². The van der Waals surface area contributed by atoms with E-state index in [1.54, 1.807) is 12.1 Å². The van der Waals surface area contributed by atoms with Crippen LogP contribution in [0.4, 0.5) is 10.1 Å². The molecule has 0 heterocycles. The van der Waals surface area contributed by atoms with Gasteiger partial charge in [-0.25, -0.2) is 12.8 Å². The first-order valence-corrected chi connectivity index (χ1v) is 15.3. The van der Waals surface area contributed by atoms with E-state index in [1.165, 1.54) is 23.1 Å². The van der Waals surface area contributed by atoms with Crippen LogP contribution < -0.4 is 9.62 Å². The molecule has 0 spiro atoms. The van der Waals surface area contributed by atoms with Gasteiger partial charge in [0.2, 0.25) is 21.8 Å². The van der Waals surface area contributed by atoms with Crippen molar-refractivity contribution in [2.75, 3.05) is 17.1 Å². The second-order valence-electron chi connectivity index (χ2n) is 9.53. The van der Waals surface area contributed by atoms with Crippen molar-refractivity contribution in [3.63, 3.8) is 0 Å². The molecule has 40 heavy (non-hydrogen) atoms. The number of hydrogen-bond acceptors (Lipinski definition) is 4. The van der Waals surface area contributed by atoms with Crippen LogP contribution in [0.3, 0.4) is 0 Å². The fourth-order valence-corrected chi connectivity index (χ4v) is 5.37. The van der Waals surface area contributed by atoms with Gasteiger partial charge in [-0.3, -0.25) is 13.9 Å². The fourth-order valence-electron chi connectivity index (χ4n) is 4.05. The summed E-state index contributed by atoms with van der Waals surface area (Å²) < 4.78 is 40.0. The highest BCUT2D eigenvalue weighted by molar-refractivity contribution is 7.92. The maximum Gasteiger partial charge on any atom is 0.244 e. The van der Waals surface area contributed by atoms with Gasteiger partial charge in [-0.2, -0.15) is 0 Å². The molecule has 0 aliphatic heterocycles. The molecule has 0 radical (unpaired) electrons. The van der Waals surface area contributed by atoms with Gasteiger partial charge >= 0.3 is 0 Å². The van der Waals surface area contributed by atoms with Crippen LogP contribution in [0.5, 0.6) is 0 Å². The second kappa shape index (κ2) is 14.0. The summed E-state index contributed by atoms with van der Waals surface area (Å²) >= 11 is 12.5. The van der Waals surface area contributed by atoms with Crippen LogP contribution in [0.25, 0.3) is 0 Å². The first-order valence-electron chi connectivity index (χ1n) is 12.7. The highest BCUT2D eigenvalue weighted by Crippen LogP contribution is 2.25. The number of nitrogens with one attached hydrogen (secondary N) is 1. The summed E-state index contributed by atoms with van der Waals surface area (Å²) in [7, 11) is -3.95. The van der Waals surface area contributed by atoms with Gasteiger partial charge in [-0.05, 0) is 60.9 Å². The van der Waals surface area contributed by atoms with Crippen molar-refractivity contribution in [3.8, 4) is 0 Å². The van der Waals surface area contributed by atoms with Gasteiger partial charge in [0.1, 0.15) is 18.4 Å². The number of carbonyl (C=O) groups is 2. The van der Waals surface area contributed by atoms with E-state index in [4.69, 9.17) is 23.2 Å². The normalized spacial score (nSPS) is 12.8. The van der Waals surface area contributed by atoms with Crippen LogP contribution in [0.2, 0.25) is 10.0 Å². The Bertz CT molecular complexity index is 1420. The van der Waals surface area contributed by atoms with Crippen molar-refractivity contribution in [1.29, 1.82) is 0 Å². The van der Waals surface area contributed by atoms with Gasteiger partial charge in [-0.1, -0.05) is 66.5 Å². The predicted octanol–water partition coefficient (Wildman–Crippen LogP) is 5.45. The van der Waals surface area contributed by atoms with E-state index in [-0.39, 0.29) is 30.6 Å². The smallest absolute Gasteiger partial charge is 0.244 e. The van der Waals surface area contributed by atoms with Crippen LogP contribution in [0.15, 0.2) is 72.8 Å². The highest BCUT2D eigenvalue weighted by atomic mass is 35.5. The standard InChI is InChI=1S/C29H32Cl2FN3O4S/c1-4-20(2)33-29(37)27(16-21-8-6-5-7-9-21)34(18-22-10-11-23(30)17-26(22)31)28(36)19-35(40(3,38)39)25-14-12-24(32)13-15-25/h5-15,17,20,27H,4,16,18-19H2,1-3H3,(H,33,37)/t20-,27-/m0/s1. The van der Waals surface area contributed by atoms with Crippen molar-refractivity contribution in [2.24, 2.45) is 0 Å². The molecule has 3 aromatic rings. The monoisotopic (exact) mass is 607 g/mol. The Morgan fingerprint density at radius 1 is 1.00 bits per heavy atom. The number of amides is 2. The van der Waals surface area contributed by atoms with Crippen LogP contribution in [-0.4, -0.2) is 50.0 Å². The SMILES string of the molecule is CC[C@H](C)NC(=O)[C@H](Cc1ccccc1)N(Cc1ccc(Cl)cc1Cl)C(=O)CN(c1ccc(F)cc1)S(C)(=O)=O. The van der Waals surface area contributed by atoms with Gasteiger partial charge in [0.25, 0.3) is 0 Å². The minimum Gasteiger partial charge on any atom is -0.352 e. The number of benzene rings is 3. The predicted molar refractivity (Wildman–Crippen MR) is 157 cm³/mol. The zero-order valence-corrected chi connectivity index (χ0v) is 24.8. The molecular formula is C29H32Cl2FN3O4S. The maximum atomic E-state index is 14.0. The Kier molecular flexibility index (Phi) is 11.0. The van der Waals surface area contributed by atoms with Gasteiger partial charge in [0, 0.05) is 29.1 Å². The van der Waals surface area contributed by atoms with E-state index >= 15 is 0 Å². The van der Waals surface area contributed by atoms with Crippen LogP contribution >= 0.6 is 23.2 Å². The Morgan fingerprint density at radius 2 is 1.65 bits per heavy atom. The molecule has 0 unspecified atom stereocenters. The molecule has 3 aromatic carbocycles. The number of halogens is 3. The van der Waals surface area contributed by atoms with Gasteiger partial charge in [-0.15, -0.1) is 0 Å². The quantitative estimate of drug-likeness (QED) is 0.296. The number of anilines is 1. The summed E-state index contributed by atoms with van der Waals surface area (Å²) in [5, 5.41) is 3.66. The Labute approximate surface area is 244 Å². The zero-order chi connectivity index (χ0) is 29.4. The molecule has 0 saturated carbocycles. The molecule has 214 valence electrons. The van der Waals surface area contributed by atoms with Crippen molar-refractivity contribution < 1.29 is 22.4 Å². The summed E-state index contributed by atoms with van der Waals surface area (Å²) in [6.45, 7) is 3.10. The molecule has 2 amide bonds. The van der Waals surface area contributed by atoms with Gasteiger partial charge in [0.15, 0.2) is 0 Å². The van der Waals surface area contributed by atoms with Gasteiger partial charge < -0.3 is 10.2 Å². The van der Waals surface area contributed by atoms with Crippen LogP contribution in [0.1, 0.15) is 31.4 Å². The molecule has 0 aliphatic carbocycles. The summed E-state index contributed by atoms with van der Waals surface area (Å²) in [5.74, 6) is -1.57. The molecule has 0 aliphatic rings. The lowest BCUT2D eigenvalue weighted by Crippen LogP contribution is -2.54. The van der Waals surface area contributed by atoms with Crippen LogP contribution in [-0.2, 0) is 32.6 Å². The van der Waals surface area contributed by atoms with E-state index < -0.39 is 34.3 Å². The molecule has 11 heteroatoms. The molecular weight excluding hydrogens is 576 g/mol. The summed E-state index contributed by atoms with van der Waals surface area (Å²) in [4.78, 5) is 29.0. The average molecular weight is 609 g/mol. The first-order chi connectivity index (χ1) is 18.9. The van der Waals surface area contributed by atoms with E-state index in [9.17, 15) is 22.4 Å². The highest BCUT2D eigenvalue weighted by Gasteiger charge is 2.33. The second-order valence-corrected chi connectivity index (χ2v) is 12.3.